The quantitative estimate of drug-likeness (QED) is 0.00900. The number of hydrogen-bond acceptors (Lipinski definition) is 28. The zero-order valence-corrected chi connectivity index (χ0v) is 48.4. The molecule has 0 saturated heterocycles. The summed E-state index contributed by atoms with van der Waals surface area (Å²) < 4.78 is 137. The van der Waals surface area contributed by atoms with Crippen LogP contribution < -0.4 is 169 Å². The third kappa shape index (κ3) is 19.0. The van der Waals surface area contributed by atoms with Gasteiger partial charge in [-0.15, -0.1) is 19.7 Å². The molecule has 0 aliphatic rings. The number of phenols is 1. The van der Waals surface area contributed by atoms with Crippen molar-refractivity contribution < 1.29 is 243 Å². The normalized spacial score (nSPS) is 11.9. The Bertz CT molecular complexity index is 2760. The van der Waals surface area contributed by atoms with Crippen molar-refractivity contribution in [1.82, 2.24) is 0 Å². The number of carbonyl (C=O) groups is 1. The maximum atomic E-state index is 12.8. The van der Waals surface area contributed by atoms with E-state index < -0.39 is 120 Å². The van der Waals surface area contributed by atoms with Gasteiger partial charge in [-0.1, -0.05) is 0 Å². The van der Waals surface area contributed by atoms with Crippen LogP contribution >= 0.6 is 24.4 Å². The van der Waals surface area contributed by atoms with Gasteiger partial charge in [0, 0.05) is 5.56 Å². The molecule has 320 valence electrons. The van der Waals surface area contributed by atoms with Gasteiger partial charge in [0.1, 0.15) is 21.5 Å². The molecule has 0 aromatic heterocycles. The molecule has 0 amide bonds. The van der Waals surface area contributed by atoms with Gasteiger partial charge in [-0.25, -0.2) is 33.7 Å². The van der Waals surface area contributed by atoms with E-state index in [-0.39, 0.29) is 193 Å². The molecule has 4 aromatic carbocycles. The second kappa shape index (κ2) is 29.6. The van der Waals surface area contributed by atoms with Crippen molar-refractivity contribution in [3.8, 4) is 5.75 Å². The summed E-state index contributed by atoms with van der Waals surface area (Å²) in [5.41, 5.74) is 2.14. The number of anilines is 1. The van der Waals surface area contributed by atoms with Crippen molar-refractivity contribution in [2.24, 2.45) is 20.5 Å². The minimum Gasteiger partial charge on any atom is -0.744 e. The van der Waals surface area contributed by atoms with Crippen LogP contribution in [0.15, 0.2) is 94.6 Å². The molecule has 0 radical (unpaired) electrons. The molecule has 0 spiro atoms. The van der Waals surface area contributed by atoms with Gasteiger partial charge >= 0.3 is 148 Å². The van der Waals surface area contributed by atoms with E-state index in [1.807, 2.05) is 0 Å². The number of carboxylic acids is 1. The molecule has 64 heavy (non-hydrogen) atoms. The number of nitrogen functional groups attached to an aromatic ring is 1. The number of carboxylic acid groups (broad SMARTS) is 1. The Kier molecular flexibility index (Phi) is 30.8. The predicted molar refractivity (Wildman–Crippen MR) is 187 cm³/mol. The Morgan fingerprint density at radius 2 is 1.28 bits per heavy atom. The monoisotopic (exact) mass is 1060 g/mol. The summed E-state index contributed by atoms with van der Waals surface area (Å²) in [6, 6.07) is 8.30. The minimum absolute atomic E-state index is 0. The van der Waals surface area contributed by atoms with E-state index >= 15 is 0 Å². The Balaban J connectivity index is 0. The standard InChI is InChI=1S/C27H25N5O21S6.5Na/c28-23-22-14(11-20(54-52-50-36)24(26(22)33)31-29-15-1-3-16(4-2-15)56(38,39)9-7-48-55-53-51-37)12-21(58(42,43)44)25(23)32-30-19-13-17(5-6-18(19)27(34)35)57(40,41)10-8-49-59(45,46)47;;;;;/h1-6,11-13,33,36-37H,7-10,28H2,(H,34,35)(H,42,43,44)(H,45,46,47);;;;;/q;5*+1/p-5. The van der Waals surface area contributed by atoms with Crippen molar-refractivity contribution in [3.05, 3.63) is 60.2 Å². The number of rotatable bonds is 21. The number of azo groups is 2. The molecule has 0 fully saturated rings. The maximum Gasteiger partial charge on any atom is 1.00 e. The van der Waals surface area contributed by atoms with Gasteiger partial charge in [0.05, 0.1) is 84.8 Å². The Labute approximate surface area is 482 Å². The van der Waals surface area contributed by atoms with Gasteiger partial charge in [-0.3, -0.25) is 18.4 Å². The molecule has 0 unspecified atom stereocenters. The van der Waals surface area contributed by atoms with E-state index in [9.17, 15) is 68.3 Å². The zero-order valence-electron chi connectivity index (χ0n) is 33.5. The van der Waals surface area contributed by atoms with Gasteiger partial charge in [-0.05, 0) is 60.0 Å². The molecule has 0 saturated carbocycles. The molecule has 26 nitrogen and oxygen atoms in total. The molecule has 0 aliphatic heterocycles. The molecule has 37 heteroatoms. The van der Waals surface area contributed by atoms with Gasteiger partial charge in [0.25, 0.3) is 0 Å². The van der Waals surface area contributed by atoms with E-state index in [4.69, 9.17) is 9.92 Å². The van der Waals surface area contributed by atoms with Crippen LogP contribution in [0.4, 0.5) is 28.4 Å². The van der Waals surface area contributed by atoms with Crippen LogP contribution in [0.3, 0.4) is 0 Å². The Morgan fingerprint density at radius 3 is 1.84 bits per heavy atom. The van der Waals surface area contributed by atoms with Crippen molar-refractivity contribution in [2.45, 2.75) is 19.6 Å². The van der Waals surface area contributed by atoms with E-state index in [0.717, 1.165) is 24.3 Å². The number of aromatic hydroxyl groups is 1. The van der Waals surface area contributed by atoms with Crippen LogP contribution in [0, 0.1) is 0 Å². The van der Waals surface area contributed by atoms with Crippen molar-refractivity contribution in [2.75, 3.05) is 30.5 Å². The Morgan fingerprint density at radius 1 is 0.719 bits per heavy atom. The number of benzene rings is 4. The van der Waals surface area contributed by atoms with Crippen molar-refractivity contribution >= 4 is 110 Å². The molecule has 0 heterocycles. The first-order valence-electron chi connectivity index (χ1n) is 14.9. The number of carbonyl (C=O) groups excluding carboxylic acids is 1. The fourth-order valence-corrected chi connectivity index (χ4v) is 8.66. The van der Waals surface area contributed by atoms with Crippen molar-refractivity contribution in [1.29, 1.82) is 0 Å². The summed E-state index contributed by atoms with van der Waals surface area (Å²) in [6.45, 7) is -1.53. The summed E-state index contributed by atoms with van der Waals surface area (Å²) in [5, 5.41) is 64.2. The Hall–Kier alpha value is 0.510. The largest absolute Gasteiger partial charge is 1.00 e. The minimum atomic E-state index is -5.56. The summed E-state index contributed by atoms with van der Waals surface area (Å²) in [7, 11) is -19.3. The predicted octanol–water partition coefficient (Wildman–Crippen LogP) is -14.7. The van der Waals surface area contributed by atoms with Crippen molar-refractivity contribution in [3.63, 3.8) is 0 Å². The second-order valence-corrected chi connectivity index (χ2v) is 18.6. The SMILES string of the molecule is Nc1c(N=Nc2cc(S(=O)(=O)CCOS(=O)(=O)[O-])ccc2C(=O)[O-])c(S(=O)(=O)[O-])cc2cc(SOO[O-])c(N=Nc3ccc(S(=O)(=O)CCOSOO[O-])cc3)c(O)c12.[Na+].[Na+].[Na+].[Na+].[Na+]. The second-order valence-electron chi connectivity index (χ2n) is 10.7. The topological polar surface area (TPSA) is 420 Å². The number of sulfone groups is 2. The molecule has 0 atom stereocenters. The number of hydrogen-bond donors (Lipinski definition) is 2. The van der Waals surface area contributed by atoms with Gasteiger partial charge in [-0.2, -0.15) is 9.45 Å². The van der Waals surface area contributed by atoms with E-state index in [2.05, 4.69) is 43.4 Å². The molecule has 4 aromatic rings. The first-order valence-corrected chi connectivity index (χ1v) is 22.4. The molecule has 0 bridgehead atoms. The molecular formula is C27H20N5Na5O21S6. The van der Waals surface area contributed by atoms with Gasteiger partial charge in [0.15, 0.2) is 37.7 Å². The fraction of sp³-hybridized carbons (Fsp3) is 0.148. The molecule has 0 aliphatic carbocycles. The van der Waals surface area contributed by atoms with Gasteiger partial charge in [0.2, 0.25) is 10.4 Å². The average Bonchev–Trinajstić information content (AvgIpc) is 3.15. The third-order valence-corrected chi connectivity index (χ3v) is 12.8. The summed E-state index contributed by atoms with van der Waals surface area (Å²) in [6.07, 6.45) is 0. The number of nitrogens with two attached hydrogens (primary N) is 1. The summed E-state index contributed by atoms with van der Waals surface area (Å²) in [5.74, 6) is -4.52. The number of phenolic OH excluding ortho intramolecular Hbond substituents is 1. The van der Waals surface area contributed by atoms with Gasteiger partial charge < -0.3 is 40.4 Å². The molecule has 3 N–H and O–H groups in total. The van der Waals surface area contributed by atoms with Crippen LogP contribution in [0.2, 0.25) is 0 Å². The maximum absolute atomic E-state index is 12.8. The summed E-state index contributed by atoms with van der Waals surface area (Å²) in [4.78, 5) is 9.40. The number of fused-ring (bicyclic) bond motifs is 1. The molecule has 4 rings (SSSR count). The zero-order chi connectivity index (χ0) is 43.8. The third-order valence-electron chi connectivity index (χ3n) is 7.12. The van der Waals surface area contributed by atoms with E-state index in [1.165, 1.54) is 12.1 Å². The van der Waals surface area contributed by atoms with Crippen LogP contribution in [-0.4, -0.2) is 78.6 Å². The first-order chi connectivity index (χ1) is 27.6. The smallest absolute Gasteiger partial charge is 0.744 e. The van der Waals surface area contributed by atoms with E-state index in [1.54, 1.807) is 0 Å². The first kappa shape index (κ1) is 66.6. The average molecular weight is 1060 g/mol. The molecular weight excluding hydrogens is 1040 g/mol. The van der Waals surface area contributed by atoms with Crippen LogP contribution in [0.25, 0.3) is 10.8 Å². The van der Waals surface area contributed by atoms with E-state index in [0.29, 0.717) is 18.2 Å². The number of nitrogens with zero attached hydrogens (tertiary/aromatic N) is 4. The summed E-state index contributed by atoms with van der Waals surface area (Å²) >= 11 is 0.233. The van der Waals surface area contributed by atoms with Crippen LogP contribution in [0.1, 0.15) is 10.4 Å². The van der Waals surface area contributed by atoms with Crippen LogP contribution in [-0.2, 0) is 67.3 Å². The van der Waals surface area contributed by atoms with Crippen LogP contribution in [0.5, 0.6) is 5.75 Å². The fourth-order valence-electron chi connectivity index (χ4n) is 4.60. The number of aromatic carboxylic acids is 1.